The van der Waals surface area contributed by atoms with Gasteiger partial charge in [-0.15, -0.1) is 11.3 Å². The molecule has 1 saturated heterocycles. The molecule has 1 N–H and O–H groups in total. The molecule has 2 rings (SSSR count). The van der Waals surface area contributed by atoms with Crippen LogP contribution in [-0.4, -0.2) is 48.1 Å². The highest BCUT2D eigenvalue weighted by Crippen LogP contribution is 2.16. The van der Waals surface area contributed by atoms with Crippen molar-refractivity contribution in [1.29, 1.82) is 0 Å². The lowest BCUT2D eigenvalue weighted by Crippen LogP contribution is -2.59. The summed E-state index contributed by atoms with van der Waals surface area (Å²) in [5.41, 5.74) is 2.63. The molecule has 2 heterocycles. The Labute approximate surface area is 111 Å². The Hall–Kier alpha value is -0.980. The molecule has 100 valence electrons. The summed E-state index contributed by atoms with van der Waals surface area (Å²) in [7, 11) is 1.80. The Balaban J connectivity index is 1.80. The molecule has 0 atom stereocenters. The Bertz CT molecular complexity index is 429. The second-order valence-electron chi connectivity index (χ2n) is 4.95. The van der Waals surface area contributed by atoms with Crippen LogP contribution in [0.5, 0.6) is 0 Å². The molecular formula is C12H19N3O2S. The highest BCUT2D eigenvalue weighted by molar-refractivity contribution is 7.09. The average Bonchev–Trinajstić information content (AvgIpc) is 2.69. The van der Waals surface area contributed by atoms with Crippen molar-refractivity contribution in [2.45, 2.75) is 26.0 Å². The van der Waals surface area contributed by atoms with Gasteiger partial charge in [-0.2, -0.15) is 0 Å². The summed E-state index contributed by atoms with van der Waals surface area (Å²) < 4.78 is 5.63. The first-order chi connectivity index (χ1) is 8.50. The number of nitrogens with zero attached hydrogens (tertiary/aromatic N) is 2. The number of hydrogen-bond donors (Lipinski definition) is 1. The Morgan fingerprint density at radius 2 is 2.39 bits per heavy atom. The third kappa shape index (κ3) is 3.07. The van der Waals surface area contributed by atoms with E-state index in [0.717, 1.165) is 23.7 Å². The predicted molar refractivity (Wildman–Crippen MR) is 70.6 cm³/mol. The molecule has 1 aliphatic heterocycles. The van der Waals surface area contributed by atoms with Gasteiger partial charge in [0.2, 0.25) is 5.91 Å². The van der Waals surface area contributed by atoms with Crippen molar-refractivity contribution in [3.63, 3.8) is 0 Å². The first-order valence-corrected chi connectivity index (χ1v) is 6.86. The minimum Gasteiger partial charge on any atom is -0.363 e. The van der Waals surface area contributed by atoms with Gasteiger partial charge in [0, 0.05) is 25.0 Å². The Morgan fingerprint density at radius 1 is 1.67 bits per heavy atom. The van der Waals surface area contributed by atoms with Crippen LogP contribution in [0.2, 0.25) is 0 Å². The van der Waals surface area contributed by atoms with Crippen LogP contribution in [-0.2, 0) is 16.1 Å². The molecule has 1 aromatic heterocycles. The van der Waals surface area contributed by atoms with E-state index in [-0.39, 0.29) is 18.1 Å². The third-order valence-corrected chi connectivity index (χ3v) is 4.11. The van der Waals surface area contributed by atoms with Crippen LogP contribution >= 0.6 is 11.3 Å². The average molecular weight is 269 g/mol. The van der Waals surface area contributed by atoms with E-state index in [1.54, 1.807) is 28.8 Å². The molecule has 0 saturated carbocycles. The highest BCUT2D eigenvalue weighted by Gasteiger charge is 2.33. The van der Waals surface area contributed by atoms with Crippen molar-refractivity contribution in [2.75, 3.05) is 26.7 Å². The number of aromatic nitrogens is 1. The maximum Gasteiger partial charge on any atom is 0.248 e. The van der Waals surface area contributed by atoms with Crippen LogP contribution in [0.15, 0.2) is 5.51 Å². The van der Waals surface area contributed by atoms with Crippen molar-refractivity contribution in [2.24, 2.45) is 0 Å². The minimum absolute atomic E-state index is 0.0101. The summed E-state index contributed by atoms with van der Waals surface area (Å²) in [4.78, 5) is 18.9. The van der Waals surface area contributed by atoms with Crippen LogP contribution in [0, 0.1) is 6.92 Å². The number of thiazole rings is 1. The van der Waals surface area contributed by atoms with Gasteiger partial charge >= 0.3 is 0 Å². The molecule has 1 aromatic rings. The summed E-state index contributed by atoms with van der Waals surface area (Å²) in [5.74, 6) is 0.0101. The number of carbonyl (C=O) groups is 1. The second kappa shape index (κ2) is 5.34. The van der Waals surface area contributed by atoms with Gasteiger partial charge < -0.3 is 15.0 Å². The topological polar surface area (TPSA) is 54.5 Å². The van der Waals surface area contributed by atoms with Crippen LogP contribution in [0.25, 0.3) is 0 Å². The molecule has 0 aliphatic carbocycles. The smallest absolute Gasteiger partial charge is 0.248 e. The van der Waals surface area contributed by atoms with Crippen molar-refractivity contribution in [3.8, 4) is 0 Å². The van der Waals surface area contributed by atoms with Gasteiger partial charge in [0.05, 0.1) is 23.4 Å². The molecule has 1 aliphatic rings. The zero-order valence-electron chi connectivity index (χ0n) is 11.0. The van der Waals surface area contributed by atoms with E-state index in [0.29, 0.717) is 6.54 Å². The Morgan fingerprint density at radius 3 is 2.89 bits per heavy atom. The number of nitrogens with one attached hydrogen (secondary N) is 1. The predicted octanol–water partition coefficient (Wildman–Crippen LogP) is 0.788. The summed E-state index contributed by atoms with van der Waals surface area (Å²) >= 11 is 1.58. The lowest BCUT2D eigenvalue weighted by atomic mass is 10.0. The molecule has 1 amide bonds. The summed E-state index contributed by atoms with van der Waals surface area (Å²) in [6.07, 6.45) is 0. The summed E-state index contributed by atoms with van der Waals surface area (Å²) in [6, 6.07) is 0. The molecule has 5 nitrogen and oxygen atoms in total. The SMILES string of the molecule is Cc1ncsc1CN(C)C(=O)COC1(C)CNC1. The molecule has 1 fully saturated rings. The van der Waals surface area contributed by atoms with E-state index < -0.39 is 0 Å². The van der Waals surface area contributed by atoms with E-state index in [1.165, 1.54) is 0 Å². The van der Waals surface area contributed by atoms with Gasteiger partial charge in [0.1, 0.15) is 6.61 Å². The number of amides is 1. The number of likely N-dealkylation sites (N-methyl/N-ethyl adjacent to an activating group) is 1. The minimum atomic E-state index is -0.170. The van der Waals surface area contributed by atoms with Gasteiger partial charge in [0.15, 0.2) is 0 Å². The molecule has 0 aromatic carbocycles. The zero-order chi connectivity index (χ0) is 13.2. The van der Waals surface area contributed by atoms with Gasteiger partial charge in [-0.3, -0.25) is 4.79 Å². The number of rotatable bonds is 5. The van der Waals surface area contributed by atoms with Gasteiger partial charge in [-0.05, 0) is 13.8 Å². The van der Waals surface area contributed by atoms with E-state index in [1.807, 2.05) is 13.8 Å². The fourth-order valence-corrected chi connectivity index (χ4v) is 2.54. The van der Waals surface area contributed by atoms with Gasteiger partial charge in [-0.1, -0.05) is 0 Å². The largest absolute Gasteiger partial charge is 0.363 e. The van der Waals surface area contributed by atoms with Crippen LogP contribution in [0.1, 0.15) is 17.5 Å². The Kier molecular flexibility index (Phi) is 3.99. The molecule has 18 heavy (non-hydrogen) atoms. The molecular weight excluding hydrogens is 250 g/mol. The highest BCUT2D eigenvalue weighted by atomic mass is 32.1. The molecule has 0 spiro atoms. The molecule has 0 radical (unpaired) electrons. The van der Waals surface area contributed by atoms with Gasteiger partial charge in [0.25, 0.3) is 0 Å². The van der Waals surface area contributed by atoms with Crippen molar-refractivity contribution < 1.29 is 9.53 Å². The summed E-state index contributed by atoms with van der Waals surface area (Å²) in [6.45, 7) is 6.36. The van der Waals surface area contributed by atoms with E-state index in [4.69, 9.17) is 4.74 Å². The van der Waals surface area contributed by atoms with E-state index in [9.17, 15) is 4.79 Å². The molecule has 6 heteroatoms. The standard InChI is InChI=1S/C12H19N3O2S/c1-9-10(18-8-14-9)4-15(3)11(16)5-17-12(2)6-13-7-12/h8,13H,4-7H2,1-3H3. The fraction of sp³-hybridized carbons (Fsp3) is 0.667. The maximum atomic E-state index is 11.9. The quantitative estimate of drug-likeness (QED) is 0.858. The molecule has 0 unspecified atom stereocenters. The van der Waals surface area contributed by atoms with E-state index in [2.05, 4.69) is 10.3 Å². The van der Waals surface area contributed by atoms with Crippen molar-refractivity contribution in [1.82, 2.24) is 15.2 Å². The first-order valence-electron chi connectivity index (χ1n) is 5.98. The number of aryl methyl sites for hydroxylation is 1. The van der Waals surface area contributed by atoms with E-state index >= 15 is 0 Å². The fourth-order valence-electron chi connectivity index (χ4n) is 1.71. The second-order valence-corrected chi connectivity index (χ2v) is 5.89. The lowest BCUT2D eigenvalue weighted by molar-refractivity contribution is -0.145. The molecule has 0 bridgehead atoms. The van der Waals surface area contributed by atoms with Crippen molar-refractivity contribution in [3.05, 3.63) is 16.1 Å². The number of ether oxygens (including phenoxy) is 1. The number of carbonyl (C=O) groups excluding carboxylic acids is 1. The maximum absolute atomic E-state index is 11.9. The van der Waals surface area contributed by atoms with Crippen LogP contribution in [0.4, 0.5) is 0 Å². The monoisotopic (exact) mass is 269 g/mol. The summed E-state index contributed by atoms with van der Waals surface area (Å²) in [5, 5.41) is 3.14. The van der Waals surface area contributed by atoms with Crippen LogP contribution in [0.3, 0.4) is 0 Å². The third-order valence-electron chi connectivity index (χ3n) is 3.19. The zero-order valence-corrected chi connectivity index (χ0v) is 11.8. The normalized spacial score (nSPS) is 17.3. The number of hydrogen-bond acceptors (Lipinski definition) is 5. The van der Waals surface area contributed by atoms with Crippen LogP contribution < -0.4 is 5.32 Å². The first kappa shape index (κ1) is 13.5. The lowest BCUT2D eigenvalue weighted by Gasteiger charge is -2.39. The van der Waals surface area contributed by atoms with Crippen molar-refractivity contribution >= 4 is 17.2 Å². The van der Waals surface area contributed by atoms with Gasteiger partial charge in [-0.25, -0.2) is 4.98 Å².